The highest BCUT2D eigenvalue weighted by Gasteiger charge is 2.30. The average Bonchev–Trinajstić information content (AvgIpc) is 3.69. The molecule has 510 valence electrons. The minimum absolute atomic E-state index is 0.106. The van der Waals surface area contributed by atoms with Crippen molar-refractivity contribution in [3.8, 4) is 0 Å². The SMILES string of the molecule is CCCCCCCCCCCCCCCCCCCCCCC(=O)O[C@H](COC(=O)CCCCCCCCCCC(C)C)COP(=O)(O)OC[C@@H](O)COP(=O)(O)OC[C@@H](COC(=O)CCCCCCC)OC(=O)CCCCCCCCCCCC. The molecule has 0 spiro atoms. The van der Waals surface area contributed by atoms with Crippen molar-refractivity contribution in [1.29, 1.82) is 0 Å². The Morgan fingerprint density at radius 2 is 0.535 bits per heavy atom. The molecule has 0 heterocycles. The number of esters is 4. The van der Waals surface area contributed by atoms with Gasteiger partial charge < -0.3 is 33.8 Å². The maximum Gasteiger partial charge on any atom is 0.472 e. The first-order chi connectivity index (χ1) is 41.5. The number of rotatable bonds is 67. The van der Waals surface area contributed by atoms with Crippen molar-refractivity contribution in [2.24, 2.45) is 5.92 Å². The molecule has 0 aromatic heterocycles. The highest BCUT2D eigenvalue weighted by Crippen LogP contribution is 2.45. The molecule has 0 aliphatic heterocycles. The Bertz CT molecular complexity index is 1670. The van der Waals surface area contributed by atoms with Gasteiger partial charge >= 0.3 is 39.5 Å². The first kappa shape index (κ1) is 84.1. The molecule has 0 aliphatic rings. The number of aliphatic hydroxyl groups is 1. The molecular formula is C67H130O17P2. The van der Waals surface area contributed by atoms with E-state index in [4.69, 9.17) is 37.0 Å². The zero-order valence-electron chi connectivity index (χ0n) is 55.4. The lowest BCUT2D eigenvalue weighted by Crippen LogP contribution is -2.30. The lowest BCUT2D eigenvalue weighted by molar-refractivity contribution is -0.161. The number of aliphatic hydroxyl groups excluding tert-OH is 1. The molecule has 0 bridgehead atoms. The third-order valence-corrected chi connectivity index (χ3v) is 17.4. The Balaban J connectivity index is 5.10. The van der Waals surface area contributed by atoms with E-state index in [1.54, 1.807) is 0 Å². The van der Waals surface area contributed by atoms with Gasteiger partial charge in [0.25, 0.3) is 0 Å². The summed E-state index contributed by atoms with van der Waals surface area (Å²) in [6.45, 7) is 7.09. The maximum atomic E-state index is 13.0. The van der Waals surface area contributed by atoms with Gasteiger partial charge in [-0.3, -0.25) is 37.3 Å². The van der Waals surface area contributed by atoms with Crippen molar-refractivity contribution in [2.45, 2.75) is 361 Å². The first-order valence-corrected chi connectivity index (χ1v) is 38.1. The van der Waals surface area contributed by atoms with Crippen LogP contribution in [-0.2, 0) is 65.4 Å². The molecule has 2 unspecified atom stereocenters. The lowest BCUT2D eigenvalue weighted by atomic mass is 10.0. The summed E-state index contributed by atoms with van der Waals surface area (Å²) in [5.41, 5.74) is 0. The van der Waals surface area contributed by atoms with E-state index >= 15 is 0 Å². The van der Waals surface area contributed by atoms with Gasteiger partial charge in [-0.05, 0) is 31.6 Å². The molecule has 0 amide bonds. The van der Waals surface area contributed by atoms with E-state index in [1.807, 2.05) is 0 Å². The molecule has 17 nitrogen and oxygen atoms in total. The quantitative estimate of drug-likeness (QED) is 0.0222. The molecule has 0 aromatic rings. The fourth-order valence-electron chi connectivity index (χ4n) is 10.1. The van der Waals surface area contributed by atoms with Gasteiger partial charge in [0.1, 0.15) is 19.3 Å². The zero-order chi connectivity index (χ0) is 63.5. The smallest absolute Gasteiger partial charge is 0.462 e. The number of ether oxygens (including phenoxy) is 4. The van der Waals surface area contributed by atoms with Crippen molar-refractivity contribution < 1.29 is 80.2 Å². The van der Waals surface area contributed by atoms with E-state index in [1.165, 1.54) is 161 Å². The summed E-state index contributed by atoms with van der Waals surface area (Å²) in [7, 11) is -9.88. The third-order valence-electron chi connectivity index (χ3n) is 15.5. The number of carbonyl (C=O) groups excluding carboxylic acids is 4. The molecule has 5 atom stereocenters. The molecule has 0 saturated heterocycles. The standard InChI is InChI=1S/C67H130O17P2/c1-6-9-12-15-17-19-21-22-23-24-25-26-27-28-29-30-32-38-43-48-53-67(72)84-63(57-78-65(70)51-46-41-36-34-33-35-40-44-49-60(4)5)59-82-86(75,76)80-55-61(68)54-79-85(73,74)81-58-62(56-77-64(69)50-45-39-14-11-8-3)83-66(71)52-47-42-37-31-20-18-16-13-10-7-2/h60-63,68H,6-59H2,1-5H3,(H,73,74)(H,75,76)/t61-,62+,63+/m0/s1. The molecular weight excluding hydrogens is 1140 g/mol. The molecule has 0 rings (SSSR count). The summed E-state index contributed by atoms with van der Waals surface area (Å²) in [5, 5.41) is 10.5. The molecule has 0 radical (unpaired) electrons. The Kier molecular flexibility index (Phi) is 59.2. The average molecular weight is 1270 g/mol. The first-order valence-electron chi connectivity index (χ1n) is 35.1. The van der Waals surface area contributed by atoms with Gasteiger partial charge in [-0.1, -0.05) is 291 Å². The predicted octanol–water partition coefficient (Wildman–Crippen LogP) is 19.0. The fraction of sp³-hybridized carbons (Fsp3) is 0.940. The summed E-state index contributed by atoms with van der Waals surface area (Å²) < 4.78 is 67.9. The van der Waals surface area contributed by atoms with Crippen molar-refractivity contribution >= 4 is 39.5 Å². The van der Waals surface area contributed by atoms with Crippen molar-refractivity contribution in [3.05, 3.63) is 0 Å². The predicted molar refractivity (Wildman–Crippen MR) is 345 cm³/mol. The van der Waals surface area contributed by atoms with Crippen molar-refractivity contribution in [1.82, 2.24) is 0 Å². The second-order valence-corrected chi connectivity index (χ2v) is 27.6. The summed E-state index contributed by atoms with van der Waals surface area (Å²) in [6.07, 6.45) is 46.4. The van der Waals surface area contributed by atoms with Crippen LogP contribution in [0.2, 0.25) is 0 Å². The van der Waals surface area contributed by atoms with Crippen LogP contribution in [0.15, 0.2) is 0 Å². The summed E-state index contributed by atoms with van der Waals surface area (Å²) in [5.74, 6) is -1.41. The Hall–Kier alpha value is -1.94. The van der Waals surface area contributed by atoms with Gasteiger partial charge in [0.2, 0.25) is 0 Å². The maximum absolute atomic E-state index is 13.0. The van der Waals surface area contributed by atoms with Crippen LogP contribution in [0, 0.1) is 5.92 Å². The van der Waals surface area contributed by atoms with Gasteiger partial charge in [0.15, 0.2) is 12.2 Å². The Morgan fingerprint density at radius 3 is 0.791 bits per heavy atom. The number of hydrogen-bond donors (Lipinski definition) is 3. The van der Waals surface area contributed by atoms with E-state index in [0.717, 1.165) is 102 Å². The molecule has 3 N–H and O–H groups in total. The van der Waals surface area contributed by atoms with Gasteiger partial charge in [-0.15, -0.1) is 0 Å². The number of hydrogen-bond acceptors (Lipinski definition) is 15. The van der Waals surface area contributed by atoms with Gasteiger partial charge in [0.05, 0.1) is 26.4 Å². The summed E-state index contributed by atoms with van der Waals surface area (Å²) in [4.78, 5) is 72.0. The minimum Gasteiger partial charge on any atom is -0.462 e. The van der Waals surface area contributed by atoms with Crippen molar-refractivity contribution in [2.75, 3.05) is 39.6 Å². The van der Waals surface area contributed by atoms with Crippen LogP contribution in [0.4, 0.5) is 0 Å². The van der Waals surface area contributed by atoms with Crippen LogP contribution in [0.5, 0.6) is 0 Å². The van der Waals surface area contributed by atoms with E-state index in [9.17, 15) is 43.2 Å². The minimum atomic E-state index is -4.95. The molecule has 0 aromatic carbocycles. The lowest BCUT2D eigenvalue weighted by Gasteiger charge is -2.21. The Morgan fingerprint density at radius 1 is 0.314 bits per heavy atom. The molecule has 19 heteroatoms. The van der Waals surface area contributed by atoms with Crippen LogP contribution in [0.1, 0.15) is 343 Å². The van der Waals surface area contributed by atoms with Crippen LogP contribution in [-0.4, -0.2) is 96.7 Å². The van der Waals surface area contributed by atoms with Crippen LogP contribution >= 0.6 is 15.6 Å². The van der Waals surface area contributed by atoms with E-state index in [0.29, 0.717) is 25.7 Å². The zero-order valence-corrected chi connectivity index (χ0v) is 57.2. The number of carbonyl (C=O) groups is 4. The van der Waals surface area contributed by atoms with Crippen LogP contribution in [0.3, 0.4) is 0 Å². The molecule has 86 heavy (non-hydrogen) atoms. The van der Waals surface area contributed by atoms with Gasteiger partial charge in [-0.2, -0.15) is 0 Å². The van der Waals surface area contributed by atoms with Gasteiger partial charge in [0, 0.05) is 25.7 Å². The summed E-state index contributed by atoms with van der Waals surface area (Å²) >= 11 is 0. The molecule has 0 saturated carbocycles. The number of unbranched alkanes of at least 4 members (excludes halogenated alkanes) is 39. The Labute approximate surface area is 524 Å². The fourth-order valence-corrected chi connectivity index (χ4v) is 11.7. The second kappa shape index (κ2) is 60.6. The van der Waals surface area contributed by atoms with Crippen molar-refractivity contribution in [3.63, 3.8) is 0 Å². The highest BCUT2D eigenvalue weighted by atomic mass is 31.2. The largest absolute Gasteiger partial charge is 0.472 e. The molecule has 0 aliphatic carbocycles. The third kappa shape index (κ3) is 60.9. The van der Waals surface area contributed by atoms with Crippen LogP contribution in [0.25, 0.3) is 0 Å². The second-order valence-electron chi connectivity index (χ2n) is 24.7. The van der Waals surface area contributed by atoms with E-state index in [2.05, 4.69) is 34.6 Å². The van der Waals surface area contributed by atoms with Crippen LogP contribution < -0.4 is 0 Å². The van der Waals surface area contributed by atoms with E-state index in [-0.39, 0.29) is 25.7 Å². The monoisotopic (exact) mass is 1270 g/mol. The number of phosphoric acid groups is 2. The normalized spacial score (nSPS) is 14.2. The topological polar surface area (TPSA) is 237 Å². The number of phosphoric ester groups is 2. The summed E-state index contributed by atoms with van der Waals surface area (Å²) in [6, 6.07) is 0. The van der Waals surface area contributed by atoms with Gasteiger partial charge in [-0.25, -0.2) is 9.13 Å². The van der Waals surface area contributed by atoms with E-state index < -0.39 is 97.5 Å². The highest BCUT2D eigenvalue weighted by molar-refractivity contribution is 7.47. The molecule has 0 fully saturated rings.